The molecular weight excluding hydrogens is 172 g/mol. The van der Waals surface area contributed by atoms with Gasteiger partial charge in [-0.1, -0.05) is 27.7 Å². The molecule has 0 bridgehead atoms. The van der Waals surface area contributed by atoms with Crippen LogP contribution in [0.1, 0.15) is 47.5 Å². The van der Waals surface area contributed by atoms with E-state index in [0.29, 0.717) is 6.42 Å². The van der Waals surface area contributed by atoms with Gasteiger partial charge in [0.25, 0.3) is 6.43 Å². The molecule has 1 saturated heterocycles. The zero-order chi connectivity index (χ0) is 10.9. The predicted octanol–water partition coefficient (Wildman–Crippen LogP) is 3.44. The first-order valence-corrected chi connectivity index (χ1v) is 5.24. The number of alkyl halides is 2. The molecule has 13 heavy (non-hydrogen) atoms. The van der Waals surface area contributed by atoms with Crippen molar-refractivity contribution >= 4 is 0 Å². The molecule has 82 valence electrons. The summed E-state index contributed by atoms with van der Waals surface area (Å²) in [4.78, 5) is 0. The molecule has 0 aliphatic carbocycles. The van der Waals surface area contributed by atoms with Gasteiger partial charge in [-0.2, -0.15) is 0 Å². The molecule has 0 aromatic heterocycles. The standard InChI is InChI=1S/C6H11F2N.2C2H6/c1-4-2-3-5(9-4)6(7)8;2*1-2/h4-6,9H,2-3H2,1H3;2*1-2H3. The quantitative estimate of drug-likeness (QED) is 0.675. The first-order chi connectivity index (χ1) is 6.20. The molecule has 2 unspecified atom stereocenters. The Morgan fingerprint density at radius 1 is 1.08 bits per heavy atom. The molecular formula is C10H23F2N. The van der Waals surface area contributed by atoms with Gasteiger partial charge in [0.1, 0.15) is 0 Å². The molecule has 3 heteroatoms. The van der Waals surface area contributed by atoms with Crippen molar-refractivity contribution in [3.05, 3.63) is 0 Å². The van der Waals surface area contributed by atoms with Crippen LogP contribution in [0.4, 0.5) is 8.78 Å². The lowest BCUT2D eigenvalue weighted by Gasteiger charge is -2.08. The van der Waals surface area contributed by atoms with Gasteiger partial charge in [-0.05, 0) is 19.8 Å². The Labute approximate surface area is 80.9 Å². The van der Waals surface area contributed by atoms with Crippen molar-refractivity contribution < 1.29 is 8.78 Å². The van der Waals surface area contributed by atoms with E-state index in [0.717, 1.165) is 6.42 Å². The first-order valence-electron chi connectivity index (χ1n) is 5.24. The summed E-state index contributed by atoms with van der Waals surface area (Å²) in [5.74, 6) is 0. The highest BCUT2D eigenvalue weighted by atomic mass is 19.3. The molecule has 1 N–H and O–H groups in total. The van der Waals surface area contributed by atoms with Gasteiger partial charge in [0, 0.05) is 6.04 Å². The molecule has 0 amide bonds. The molecule has 0 aromatic carbocycles. The maximum absolute atomic E-state index is 11.9. The van der Waals surface area contributed by atoms with E-state index in [1.165, 1.54) is 0 Å². The van der Waals surface area contributed by atoms with Crippen LogP contribution in [0, 0.1) is 0 Å². The number of nitrogens with one attached hydrogen (secondary N) is 1. The average molecular weight is 195 g/mol. The van der Waals surface area contributed by atoms with Gasteiger partial charge in [-0.3, -0.25) is 0 Å². The Morgan fingerprint density at radius 3 is 1.69 bits per heavy atom. The zero-order valence-electron chi connectivity index (χ0n) is 9.40. The predicted molar refractivity (Wildman–Crippen MR) is 54.3 cm³/mol. The highest BCUT2D eigenvalue weighted by Crippen LogP contribution is 2.16. The normalized spacial score (nSPS) is 25.8. The van der Waals surface area contributed by atoms with E-state index in [1.807, 2.05) is 34.6 Å². The molecule has 1 heterocycles. The van der Waals surface area contributed by atoms with E-state index in [4.69, 9.17) is 0 Å². The molecule has 0 radical (unpaired) electrons. The molecule has 1 nitrogen and oxygen atoms in total. The van der Waals surface area contributed by atoms with Crippen LogP contribution < -0.4 is 5.32 Å². The van der Waals surface area contributed by atoms with Crippen LogP contribution in [-0.4, -0.2) is 18.5 Å². The summed E-state index contributed by atoms with van der Waals surface area (Å²) in [5.41, 5.74) is 0. The van der Waals surface area contributed by atoms with Crippen LogP contribution in [-0.2, 0) is 0 Å². The van der Waals surface area contributed by atoms with E-state index < -0.39 is 12.5 Å². The van der Waals surface area contributed by atoms with Gasteiger partial charge in [-0.25, -0.2) is 8.78 Å². The average Bonchev–Trinajstić information content (AvgIpc) is 2.59. The molecule has 0 saturated carbocycles. The fourth-order valence-corrected chi connectivity index (χ4v) is 1.16. The molecule has 1 aliphatic heterocycles. The summed E-state index contributed by atoms with van der Waals surface area (Å²) in [6.45, 7) is 9.93. The second kappa shape index (κ2) is 9.90. The summed E-state index contributed by atoms with van der Waals surface area (Å²) in [7, 11) is 0. The van der Waals surface area contributed by atoms with E-state index >= 15 is 0 Å². The van der Waals surface area contributed by atoms with Crippen molar-refractivity contribution in [3.63, 3.8) is 0 Å². The fourth-order valence-electron chi connectivity index (χ4n) is 1.16. The molecule has 0 spiro atoms. The highest BCUT2D eigenvalue weighted by Gasteiger charge is 2.27. The smallest absolute Gasteiger partial charge is 0.253 e. The molecule has 1 rings (SSSR count). The van der Waals surface area contributed by atoms with Gasteiger partial charge in [0.15, 0.2) is 0 Å². The first kappa shape index (κ1) is 15.3. The maximum atomic E-state index is 11.9. The van der Waals surface area contributed by atoms with Crippen molar-refractivity contribution in [2.75, 3.05) is 0 Å². The Bertz CT molecular complexity index is 96.9. The Balaban J connectivity index is 0. The third-order valence-corrected chi connectivity index (χ3v) is 1.71. The van der Waals surface area contributed by atoms with Gasteiger partial charge < -0.3 is 5.32 Å². The van der Waals surface area contributed by atoms with Crippen LogP contribution in [0.15, 0.2) is 0 Å². The van der Waals surface area contributed by atoms with Crippen LogP contribution in [0.25, 0.3) is 0 Å². The summed E-state index contributed by atoms with van der Waals surface area (Å²) < 4.78 is 23.7. The van der Waals surface area contributed by atoms with Crippen molar-refractivity contribution in [1.82, 2.24) is 5.32 Å². The molecule has 1 aliphatic rings. The highest BCUT2D eigenvalue weighted by molar-refractivity contribution is 4.81. The largest absolute Gasteiger partial charge is 0.306 e. The van der Waals surface area contributed by atoms with Gasteiger partial charge >= 0.3 is 0 Å². The lowest BCUT2D eigenvalue weighted by Crippen LogP contribution is -2.32. The van der Waals surface area contributed by atoms with Gasteiger partial charge in [0.05, 0.1) is 6.04 Å². The number of halogens is 2. The van der Waals surface area contributed by atoms with Crippen LogP contribution >= 0.6 is 0 Å². The van der Waals surface area contributed by atoms with Crippen LogP contribution in [0.3, 0.4) is 0 Å². The molecule has 2 atom stereocenters. The van der Waals surface area contributed by atoms with Crippen molar-refractivity contribution in [3.8, 4) is 0 Å². The van der Waals surface area contributed by atoms with E-state index in [2.05, 4.69) is 5.32 Å². The SMILES string of the molecule is CC.CC.CC1CCC(C(F)F)N1. The number of hydrogen-bond acceptors (Lipinski definition) is 1. The van der Waals surface area contributed by atoms with Crippen molar-refractivity contribution in [1.29, 1.82) is 0 Å². The molecule has 1 fully saturated rings. The van der Waals surface area contributed by atoms with Crippen molar-refractivity contribution in [2.45, 2.75) is 66.0 Å². The third kappa shape index (κ3) is 6.94. The zero-order valence-corrected chi connectivity index (χ0v) is 9.40. The van der Waals surface area contributed by atoms with Crippen molar-refractivity contribution in [2.24, 2.45) is 0 Å². The Morgan fingerprint density at radius 2 is 1.54 bits per heavy atom. The fraction of sp³-hybridized carbons (Fsp3) is 1.00. The minimum atomic E-state index is -2.19. The van der Waals surface area contributed by atoms with Gasteiger partial charge in [-0.15, -0.1) is 0 Å². The van der Waals surface area contributed by atoms with Crippen LogP contribution in [0.5, 0.6) is 0 Å². The second-order valence-electron chi connectivity index (χ2n) is 2.59. The number of rotatable bonds is 1. The van der Waals surface area contributed by atoms with E-state index in [1.54, 1.807) is 0 Å². The van der Waals surface area contributed by atoms with Gasteiger partial charge in [0.2, 0.25) is 0 Å². The summed E-state index contributed by atoms with van der Waals surface area (Å²) in [5, 5.41) is 2.80. The summed E-state index contributed by atoms with van der Waals surface area (Å²) >= 11 is 0. The topological polar surface area (TPSA) is 12.0 Å². The van der Waals surface area contributed by atoms with E-state index in [9.17, 15) is 8.78 Å². The second-order valence-corrected chi connectivity index (χ2v) is 2.59. The third-order valence-electron chi connectivity index (χ3n) is 1.71. The maximum Gasteiger partial charge on any atom is 0.253 e. The summed E-state index contributed by atoms with van der Waals surface area (Å²) in [6, 6.07) is -0.260. The summed E-state index contributed by atoms with van der Waals surface area (Å²) in [6.07, 6.45) is -0.677. The number of hydrogen-bond donors (Lipinski definition) is 1. The Hall–Kier alpha value is -0.180. The lowest BCUT2D eigenvalue weighted by molar-refractivity contribution is 0.105. The lowest BCUT2D eigenvalue weighted by atomic mass is 10.2. The van der Waals surface area contributed by atoms with Crippen LogP contribution in [0.2, 0.25) is 0 Å². The monoisotopic (exact) mass is 195 g/mol. The minimum absolute atomic E-state index is 0.281. The molecule has 0 aromatic rings. The minimum Gasteiger partial charge on any atom is -0.306 e. The van der Waals surface area contributed by atoms with E-state index in [-0.39, 0.29) is 6.04 Å². The Kier molecular flexibility index (Phi) is 11.7.